The summed E-state index contributed by atoms with van der Waals surface area (Å²) in [6.07, 6.45) is 2.05. The van der Waals surface area contributed by atoms with Crippen molar-refractivity contribution in [2.24, 2.45) is 0 Å². The molecule has 0 aromatic carbocycles. The van der Waals surface area contributed by atoms with Crippen LogP contribution in [-0.4, -0.2) is 41.3 Å². The maximum Gasteiger partial charge on any atom is 0.179 e. The van der Waals surface area contributed by atoms with E-state index in [0.717, 1.165) is 0 Å². The second-order valence-electron chi connectivity index (χ2n) is 2.46. The first kappa shape index (κ1) is 8.47. The predicted octanol–water partition coefficient (Wildman–Crippen LogP) is -0.920. The highest BCUT2D eigenvalue weighted by molar-refractivity contribution is 5.17. The number of hydrogen-bond acceptors (Lipinski definition) is 3. The molecule has 1 aliphatic heterocycles. The third kappa shape index (κ3) is 1.11. The summed E-state index contributed by atoms with van der Waals surface area (Å²) < 4.78 is 17.4. The van der Waals surface area contributed by atoms with Crippen molar-refractivity contribution >= 4 is 0 Å². The molecule has 3 nitrogen and oxygen atoms in total. The van der Waals surface area contributed by atoms with Gasteiger partial charge in [0.15, 0.2) is 11.8 Å². The van der Waals surface area contributed by atoms with E-state index in [-0.39, 0.29) is 6.61 Å². The van der Waals surface area contributed by atoms with Crippen molar-refractivity contribution in [3.05, 3.63) is 0 Å². The number of aliphatic hydroxyl groups excluding tert-OH is 2. The third-order valence-corrected chi connectivity index (χ3v) is 1.80. The highest BCUT2D eigenvalue weighted by Gasteiger charge is 2.48. The second kappa shape index (κ2) is 2.78. The molecule has 0 aromatic rings. The molecule has 11 heavy (non-hydrogen) atoms. The Morgan fingerprint density at radius 2 is 2.45 bits per heavy atom. The minimum Gasteiger partial charge on any atom is -0.392 e. The number of aliphatic hydroxyl groups is 2. The second-order valence-corrected chi connectivity index (χ2v) is 2.46. The van der Waals surface area contributed by atoms with Crippen LogP contribution >= 0.6 is 0 Å². The first-order valence-corrected chi connectivity index (χ1v) is 3.21. The van der Waals surface area contributed by atoms with Crippen molar-refractivity contribution in [2.75, 3.05) is 13.2 Å². The van der Waals surface area contributed by atoms with Gasteiger partial charge in [-0.2, -0.15) is 0 Å². The molecule has 2 N–H and O–H groups in total. The van der Waals surface area contributed by atoms with Crippen LogP contribution in [0.4, 0.5) is 4.39 Å². The van der Waals surface area contributed by atoms with E-state index in [9.17, 15) is 4.39 Å². The third-order valence-electron chi connectivity index (χ3n) is 1.80. The summed E-state index contributed by atoms with van der Waals surface area (Å²) in [5.74, 6) is 2.05. The SMILES string of the molecule is C#CC1(CO)OCC(F)C1O. The smallest absolute Gasteiger partial charge is 0.179 e. The van der Waals surface area contributed by atoms with Crippen LogP contribution in [0.25, 0.3) is 0 Å². The van der Waals surface area contributed by atoms with Gasteiger partial charge < -0.3 is 14.9 Å². The molecule has 3 atom stereocenters. The number of halogens is 1. The summed E-state index contributed by atoms with van der Waals surface area (Å²) >= 11 is 0. The van der Waals surface area contributed by atoms with E-state index in [4.69, 9.17) is 21.4 Å². The van der Waals surface area contributed by atoms with Crippen LogP contribution in [0.5, 0.6) is 0 Å². The molecule has 0 radical (unpaired) electrons. The molecule has 0 aromatic heterocycles. The first-order valence-electron chi connectivity index (χ1n) is 3.21. The van der Waals surface area contributed by atoms with Crippen molar-refractivity contribution in [2.45, 2.75) is 17.9 Å². The van der Waals surface area contributed by atoms with Crippen molar-refractivity contribution in [3.63, 3.8) is 0 Å². The molecule has 1 fully saturated rings. The normalized spacial score (nSPS) is 43.8. The fraction of sp³-hybridized carbons (Fsp3) is 0.714. The molecule has 4 heteroatoms. The van der Waals surface area contributed by atoms with E-state index in [1.54, 1.807) is 0 Å². The van der Waals surface area contributed by atoms with Crippen molar-refractivity contribution < 1.29 is 19.3 Å². The van der Waals surface area contributed by atoms with Crippen molar-refractivity contribution in [3.8, 4) is 12.3 Å². The Kier molecular flexibility index (Phi) is 2.14. The van der Waals surface area contributed by atoms with Crippen LogP contribution in [-0.2, 0) is 4.74 Å². The van der Waals surface area contributed by atoms with Gasteiger partial charge >= 0.3 is 0 Å². The van der Waals surface area contributed by atoms with E-state index in [1.165, 1.54) is 0 Å². The highest BCUT2D eigenvalue weighted by atomic mass is 19.1. The first-order chi connectivity index (χ1) is 5.16. The number of alkyl halides is 1. The highest BCUT2D eigenvalue weighted by Crippen LogP contribution is 2.27. The van der Waals surface area contributed by atoms with Gasteiger partial charge in [-0.15, -0.1) is 6.42 Å². The van der Waals surface area contributed by atoms with Gasteiger partial charge in [0, 0.05) is 0 Å². The van der Waals surface area contributed by atoms with Crippen LogP contribution in [0.15, 0.2) is 0 Å². The topological polar surface area (TPSA) is 49.7 Å². The number of terminal acetylenes is 1. The van der Waals surface area contributed by atoms with Gasteiger partial charge in [-0.05, 0) is 0 Å². The molecule has 62 valence electrons. The van der Waals surface area contributed by atoms with E-state index in [2.05, 4.69) is 0 Å². The maximum absolute atomic E-state index is 12.6. The van der Waals surface area contributed by atoms with Gasteiger partial charge in [-0.25, -0.2) is 4.39 Å². The Bertz CT molecular complexity index is 189. The molecule has 0 aliphatic carbocycles. The largest absolute Gasteiger partial charge is 0.392 e. The Balaban J connectivity index is 2.80. The van der Waals surface area contributed by atoms with Gasteiger partial charge in [0.2, 0.25) is 0 Å². The standard InChI is InChI=1S/C7H9FO3/c1-2-7(4-9)6(10)5(8)3-11-7/h1,5-6,9-10H,3-4H2. The number of rotatable bonds is 1. The van der Waals surface area contributed by atoms with E-state index in [1.807, 2.05) is 5.92 Å². The monoisotopic (exact) mass is 160 g/mol. The fourth-order valence-corrected chi connectivity index (χ4v) is 1.01. The van der Waals surface area contributed by atoms with Gasteiger partial charge in [0.1, 0.15) is 6.10 Å². The van der Waals surface area contributed by atoms with Crippen LogP contribution in [0.1, 0.15) is 0 Å². The molecule has 1 rings (SSSR count). The van der Waals surface area contributed by atoms with Gasteiger partial charge in [0.05, 0.1) is 13.2 Å². The lowest BCUT2D eigenvalue weighted by atomic mass is 9.98. The van der Waals surface area contributed by atoms with Crippen LogP contribution in [0.3, 0.4) is 0 Å². The zero-order valence-electron chi connectivity index (χ0n) is 5.83. The van der Waals surface area contributed by atoms with Crippen LogP contribution in [0, 0.1) is 12.3 Å². The molecular weight excluding hydrogens is 151 g/mol. The molecule has 3 unspecified atom stereocenters. The summed E-state index contributed by atoms with van der Waals surface area (Å²) in [7, 11) is 0. The zero-order valence-corrected chi connectivity index (χ0v) is 5.83. The minimum atomic E-state index is -1.53. The molecule has 0 amide bonds. The summed E-state index contributed by atoms with van der Waals surface area (Å²) in [4.78, 5) is 0. The zero-order chi connectivity index (χ0) is 8.48. The molecule has 0 spiro atoms. The quantitative estimate of drug-likeness (QED) is 0.488. The molecule has 1 aliphatic rings. The Morgan fingerprint density at radius 1 is 1.82 bits per heavy atom. The molecule has 0 saturated carbocycles. The number of ether oxygens (including phenoxy) is 1. The van der Waals surface area contributed by atoms with E-state index >= 15 is 0 Å². The predicted molar refractivity (Wildman–Crippen MR) is 35.5 cm³/mol. The average Bonchev–Trinajstić information content (AvgIpc) is 2.32. The summed E-state index contributed by atoms with van der Waals surface area (Å²) in [5.41, 5.74) is -1.53. The van der Waals surface area contributed by atoms with Gasteiger partial charge in [-0.3, -0.25) is 0 Å². The molecule has 1 heterocycles. The average molecular weight is 160 g/mol. The van der Waals surface area contributed by atoms with Crippen LogP contribution in [0.2, 0.25) is 0 Å². The Labute approximate surface area is 63.8 Å². The lowest BCUT2D eigenvalue weighted by Crippen LogP contribution is -2.44. The minimum absolute atomic E-state index is 0.258. The molecule has 1 saturated heterocycles. The number of hydrogen-bond donors (Lipinski definition) is 2. The van der Waals surface area contributed by atoms with Crippen molar-refractivity contribution in [1.29, 1.82) is 0 Å². The van der Waals surface area contributed by atoms with Gasteiger partial charge in [0.25, 0.3) is 0 Å². The summed E-state index contributed by atoms with van der Waals surface area (Å²) in [6.45, 7) is -0.822. The molecule has 0 bridgehead atoms. The lowest BCUT2D eigenvalue weighted by molar-refractivity contribution is -0.0506. The van der Waals surface area contributed by atoms with Crippen molar-refractivity contribution in [1.82, 2.24) is 0 Å². The lowest BCUT2D eigenvalue weighted by Gasteiger charge is -2.22. The Morgan fingerprint density at radius 3 is 2.64 bits per heavy atom. The van der Waals surface area contributed by atoms with E-state index < -0.39 is 24.5 Å². The summed E-state index contributed by atoms with van der Waals surface area (Å²) in [6, 6.07) is 0. The summed E-state index contributed by atoms with van der Waals surface area (Å²) in [5, 5.41) is 17.8. The molecular formula is C7H9FO3. The maximum atomic E-state index is 12.6. The van der Waals surface area contributed by atoms with Gasteiger partial charge in [-0.1, -0.05) is 5.92 Å². The Hall–Kier alpha value is -0.630. The fourth-order valence-electron chi connectivity index (χ4n) is 1.01. The van der Waals surface area contributed by atoms with E-state index in [0.29, 0.717) is 0 Å². The van der Waals surface area contributed by atoms with Crippen LogP contribution < -0.4 is 0 Å².